The molecular formula is C15H10O4. The Hall–Kier alpha value is -2.75. The summed E-state index contributed by atoms with van der Waals surface area (Å²) in [5, 5.41) is 19.2. The largest absolute Gasteiger partial charge is 0.508 e. The van der Waals surface area contributed by atoms with Crippen molar-refractivity contribution in [3.05, 3.63) is 59.2 Å². The van der Waals surface area contributed by atoms with Crippen LogP contribution in [0.1, 0.15) is 21.5 Å². The van der Waals surface area contributed by atoms with Crippen molar-refractivity contribution >= 4 is 17.8 Å². The number of hydrogen-bond donors (Lipinski definition) is 2. The molecule has 0 spiro atoms. The van der Waals surface area contributed by atoms with E-state index in [9.17, 15) is 15.0 Å². The highest BCUT2D eigenvalue weighted by atomic mass is 16.5. The SMILES string of the molecule is O=C1O/C(=C/c2ccccc2)c2cc(O)cc(O)c21. The molecule has 0 fully saturated rings. The van der Waals surface area contributed by atoms with E-state index >= 15 is 0 Å². The highest BCUT2D eigenvalue weighted by Crippen LogP contribution is 2.39. The molecule has 1 heterocycles. The quantitative estimate of drug-likeness (QED) is 0.768. The second kappa shape index (κ2) is 4.17. The van der Waals surface area contributed by atoms with Gasteiger partial charge in [-0.15, -0.1) is 0 Å². The van der Waals surface area contributed by atoms with Crippen molar-refractivity contribution in [3.8, 4) is 11.5 Å². The molecule has 3 rings (SSSR count). The van der Waals surface area contributed by atoms with E-state index in [1.807, 2.05) is 30.3 Å². The van der Waals surface area contributed by atoms with Crippen LogP contribution in [-0.2, 0) is 4.74 Å². The molecule has 2 aromatic carbocycles. The highest BCUT2D eigenvalue weighted by Gasteiger charge is 2.30. The molecule has 4 nitrogen and oxygen atoms in total. The summed E-state index contributed by atoms with van der Waals surface area (Å²) >= 11 is 0. The summed E-state index contributed by atoms with van der Waals surface area (Å²) in [5.74, 6) is -0.697. The molecule has 0 atom stereocenters. The molecule has 0 aromatic heterocycles. The Bertz CT molecular complexity index is 687. The summed E-state index contributed by atoms with van der Waals surface area (Å²) in [6.45, 7) is 0. The van der Waals surface area contributed by atoms with Crippen molar-refractivity contribution in [1.82, 2.24) is 0 Å². The van der Waals surface area contributed by atoms with Crippen LogP contribution >= 0.6 is 0 Å². The number of ether oxygens (including phenoxy) is 1. The number of cyclic esters (lactones) is 1. The monoisotopic (exact) mass is 254 g/mol. The average molecular weight is 254 g/mol. The number of phenolic OH excluding ortho intramolecular Hbond substituents is 2. The van der Waals surface area contributed by atoms with Crippen LogP contribution in [0.25, 0.3) is 11.8 Å². The lowest BCUT2D eigenvalue weighted by molar-refractivity contribution is 0.0714. The number of aromatic hydroxyl groups is 2. The molecule has 19 heavy (non-hydrogen) atoms. The smallest absolute Gasteiger partial charge is 0.348 e. The van der Waals surface area contributed by atoms with Gasteiger partial charge in [-0.25, -0.2) is 4.79 Å². The van der Waals surface area contributed by atoms with E-state index < -0.39 is 5.97 Å². The van der Waals surface area contributed by atoms with E-state index in [0.29, 0.717) is 11.3 Å². The summed E-state index contributed by atoms with van der Waals surface area (Å²) in [7, 11) is 0. The fraction of sp³-hybridized carbons (Fsp3) is 0. The molecule has 1 aliphatic rings. The molecule has 0 bridgehead atoms. The number of hydrogen-bond acceptors (Lipinski definition) is 4. The summed E-state index contributed by atoms with van der Waals surface area (Å²) in [5.41, 5.74) is 1.34. The van der Waals surface area contributed by atoms with Gasteiger partial charge in [0.05, 0.1) is 0 Å². The van der Waals surface area contributed by atoms with E-state index in [1.54, 1.807) is 6.08 Å². The third-order valence-electron chi connectivity index (χ3n) is 2.87. The third-order valence-corrected chi connectivity index (χ3v) is 2.87. The second-order valence-electron chi connectivity index (χ2n) is 4.20. The third kappa shape index (κ3) is 1.93. The van der Waals surface area contributed by atoms with Gasteiger partial charge in [-0.2, -0.15) is 0 Å². The van der Waals surface area contributed by atoms with Gasteiger partial charge in [0.1, 0.15) is 22.8 Å². The first-order valence-corrected chi connectivity index (χ1v) is 5.70. The van der Waals surface area contributed by atoms with Gasteiger partial charge in [-0.05, 0) is 17.7 Å². The minimum atomic E-state index is -0.616. The normalized spacial score (nSPS) is 15.4. The van der Waals surface area contributed by atoms with Crippen LogP contribution in [0, 0.1) is 0 Å². The van der Waals surface area contributed by atoms with E-state index in [1.165, 1.54) is 6.07 Å². The van der Waals surface area contributed by atoms with Crippen molar-refractivity contribution in [2.75, 3.05) is 0 Å². The van der Waals surface area contributed by atoms with E-state index in [4.69, 9.17) is 4.74 Å². The van der Waals surface area contributed by atoms with Crippen LogP contribution in [0.15, 0.2) is 42.5 Å². The Morgan fingerprint density at radius 1 is 1.05 bits per heavy atom. The zero-order chi connectivity index (χ0) is 13.4. The van der Waals surface area contributed by atoms with Gasteiger partial charge >= 0.3 is 5.97 Å². The Morgan fingerprint density at radius 2 is 1.79 bits per heavy atom. The number of carbonyl (C=O) groups excluding carboxylic acids is 1. The van der Waals surface area contributed by atoms with Crippen LogP contribution in [-0.4, -0.2) is 16.2 Å². The minimum absolute atomic E-state index is 0.0833. The van der Waals surface area contributed by atoms with Crippen LogP contribution < -0.4 is 0 Å². The van der Waals surface area contributed by atoms with Crippen LogP contribution in [0.5, 0.6) is 11.5 Å². The van der Waals surface area contributed by atoms with Crippen LogP contribution in [0.4, 0.5) is 0 Å². The number of carbonyl (C=O) groups is 1. The standard InChI is InChI=1S/C15H10O4/c16-10-7-11-13(6-9-4-2-1-3-5-9)19-15(18)14(11)12(17)8-10/h1-8,16-17H/b13-6+. The molecule has 0 amide bonds. The van der Waals surface area contributed by atoms with E-state index in [0.717, 1.165) is 11.6 Å². The first-order valence-electron chi connectivity index (χ1n) is 5.70. The molecule has 94 valence electrons. The predicted molar refractivity (Wildman–Crippen MR) is 69.5 cm³/mol. The van der Waals surface area contributed by atoms with Crippen molar-refractivity contribution in [2.45, 2.75) is 0 Å². The minimum Gasteiger partial charge on any atom is -0.508 e. The lowest BCUT2D eigenvalue weighted by atomic mass is 10.0. The molecule has 1 aliphatic heterocycles. The maximum Gasteiger partial charge on any atom is 0.348 e. The van der Waals surface area contributed by atoms with Gasteiger partial charge in [0, 0.05) is 11.6 Å². The van der Waals surface area contributed by atoms with Crippen molar-refractivity contribution in [2.24, 2.45) is 0 Å². The first kappa shape index (κ1) is 11.3. The van der Waals surface area contributed by atoms with E-state index in [-0.39, 0.29) is 17.1 Å². The molecular weight excluding hydrogens is 244 g/mol. The Kier molecular flexibility index (Phi) is 2.49. The molecule has 0 aliphatic carbocycles. The number of esters is 1. The number of rotatable bonds is 1. The number of benzene rings is 2. The highest BCUT2D eigenvalue weighted by molar-refractivity contribution is 6.07. The topological polar surface area (TPSA) is 66.8 Å². The first-order chi connectivity index (χ1) is 9.15. The van der Waals surface area contributed by atoms with Gasteiger partial charge in [-0.1, -0.05) is 30.3 Å². The Morgan fingerprint density at radius 3 is 2.53 bits per heavy atom. The Labute approximate surface area is 109 Å². The van der Waals surface area contributed by atoms with Gasteiger partial charge in [0.2, 0.25) is 0 Å². The number of phenols is 2. The van der Waals surface area contributed by atoms with Gasteiger partial charge < -0.3 is 14.9 Å². The zero-order valence-corrected chi connectivity index (χ0v) is 9.83. The van der Waals surface area contributed by atoms with E-state index in [2.05, 4.69) is 0 Å². The summed E-state index contributed by atoms with van der Waals surface area (Å²) < 4.78 is 5.12. The van der Waals surface area contributed by atoms with Crippen molar-refractivity contribution in [3.63, 3.8) is 0 Å². The zero-order valence-electron chi connectivity index (χ0n) is 9.83. The van der Waals surface area contributed by atoms with Gasteiger partial charge in [0.25, 0.3) is 0 Å². The lowest BCUT2D eigenvalue weighted by Gasteiger charge is -2.01. The predicted octanol–water partition coefficient (Wildman–Crippen LogP) is 2.77. The summed E-state index contributed by atoms with van der Waals surface area (Å²) in [6, 6.07) is 11.9. The van der Waals surface area contributed by atoms with Gasteiger partial charge in [-0.3, -0.25) is 0 Å². The fourth-order valence-corrected chi connectivity index (χ4v) is 2.03. The molecule has 0 saturated carbocycles. The number of fused-ring (bicyclic) bond motifs is 1. The van der Waals surface area contributed by atoms with Crippen molar-refractivity contribution < 1.29 is 19.7 Å². The second-order valence-corrected chi connectivity index (χ2v) is 4.20. The van der Waals surface area contributed by atoms with Crippen LogP contribution in [0.2, 0.25) is 0 Å². The van der Waals surface area contributed by atoms with Gasteiger partial charge in [0.15, 0.2) is 0 Å². The molecule has 4 heteroatoms. The molecule has 0 unspecified atom stereocenters. The van der Waals surface area contributed by atoms with Crippen LogP contribution in [0.3, 0.4) is 0 Å². The average Bonchev–Trinajstić information content (AvgIpc) is 2.67. The molecule has 2 aromatic rings. The molecule has 0 saturated heterocycles. The summed E-state index contributed by atoms with van der Waals surface area (Å²) in [4.78, 5) is 11.7. The molecule has 0 radical (unpaired) electrons. The lowest BCUT2D eigenvalue weighted by Crippen LogP contribution is -1.93. The Balaban J connectivity index is 2.15. The molecule has 2 N–H and O–H groups in total. The maximum absolute atomic E-state index is 11.7. The van der Waals surface area contributed by atoms with Crippen molar-refractivity contribution in [1.29, 1.82) is 0 Å². The summed E-state index contributed by atoms with van der Waals surface area (Å²) in [6.07, 6.45) is 1.68. The fourth-order valence-electron chi connectivity index (χ4n) is 2.03. The maximum atomic E-state index is 11.7.